The highest BCUT2D eigenvalue weighted by Crippen LogP contribution is 2.62. The summed E-state index contributed by atoms with van der Waals surface area (Å²) in [5.41, 5.74) is 0.214. The van der Waals surface area contributed by atoms with Crippen LogP contribution in [0.1, 0.15) is 38.5 Å². The second kappa shape index (κ2) is 3.21. The second-order valence-corrected chi connectivity index (χ2v) is 5.30. The number of rotatable bonds is 3. The minimum absolute atomic E-state index is 0.186. The molecule has 0 saturated heterocycles. The Morgan fingerprint density at radius 2 is 2.21 bits per heavy atom. The van der Waals surface area contributed by atoms with Gasteiger partial charge in [0.15, 0.2) is 0 Å². The normalized spacial score (nSPS) is 49.9. The molecular weight excluding hydrogens is 176 g/mol. The zero-order valence-electron chi connectivity index (χ0n) is 8.74. The van der Waals surface area contributed by atoms with Gasteiger partial charge < -0.3 is 9.84 Å². The van der Waals surface area contributed by atoms with E-state index in [0.29, 0.717) is 6.61 Å². The van der Waals surface area contributed by atoms with E-state index in [2.05, 4.69) is 0 Å². The maximum atomic E-state index is 8.89. The molecule has 1 N–H and O–H groups in total. The summed E-state index contributed by atoms with van der Waals surface area (Å²) < 4.78 is 6.05. The molecule has 2 bridgehead atoms. The van der Waals surface area contributed by atoms with Gasteiger partial charge in [0.1, 0.15) is 0 Å². The molecule has 0 radical (unpaired) electrons. The molecule has 4 atom stereocenters. The van der Waals surface area contributed by atoms with Crippen molar-refractivity contribution < 1.29 is 9.84 Å². The lowest BCUT2D eigenvalue weighted by atomic mass is 9.77. The van der Waals surface area contributed by atoms with Crippen LogP contribution in [0.4, 0.5) is 0 Å². The summed E-state index contributed by atoms with van der Waals surface area (Å²) in [7, 11) is 0. The molecule has 0 aromatic rings. The van der Waals surface area contributed by atoms with Crippen molar-refractivity contribution in [3.05, 3.63) is 0 Å². The Labute approximate surface area is 85.6 Å². The Bertz CT molecular complexity index is 228. The van der Waals surface area contributed by atoms with Gasteiger partial charge in [-0.25, -0.2) is 0 Å². The van der Waals surface area contributed by atoms with Crippen molar-refractivity contribution in [2.45, 2.75) is 44.1 Å². The van der Waals surface area contributed by atoms with Gasteiger partial charge in [0.25, 0.3) is 0 Å². The molecule has 3 aliphatic rings. The van der Waals surface area contributed by atoms with Crippen LogP contribution in [0.2, 0.25) is 0 Å². The molecule has 0 aromatic heterocycles. The molecule has 3 saturated carbocycles. The summed E-state index contributed by atoms with van der Waals surface area (Å²) in [6, 6.07) is 0. The molecule has 14 heavy (non-hydrogen) atoms. The lowest BCUT2D eigenvalue weighted by molar-refractivity contribution is -0.111. The van der Waals surface area contributed by atoms with Crippen LogP contribution in [0.15, 0.2) is 0 Å². The fourth-order valence-corrected chi connectivity index (χ4v) is 4.53. The Morgan fingerprint density at radius 3 is 3.07 bits per heavy atom. The predicted octanol–water partition coefficient (Wildman–Crippen LogP) is 1.96. The van der Waals surface area contributed by atoms with Crippen molar-refractivity contribution in [1.82, 2.24) is 0 Å². The Morgan fingerprint density at radius 1 is 1.29 bits per heavy atom. The van der Waals surface area contributed by atoms with Gasteiger partial charge in [0.05, 0.1) is 18.8 Å². The average molecular weight is 196 g/mol. The number of aliphatic hydroxyl groups is 1. The quantitative estimate of drug-likeness (QED) is 0.747. The Balaban J connectivity index is 1.81. The van der Waals surface area contributed by atoms with Crippen LogP contribution in [0, 0.1) is 17.8 Å². The number of ether oxygens (including phenoxy) is 1. The summed E-state index contributed by atoms with van der Waals surface area (Å²) in [6.45, 7) is 0.742. The monoisotopic (exact) mass is 196 g/mol. The smallest absolute Gasteiger partial charge is 0.0742 e. The number of hydrogen-bond donors (Lipinski definition) is 1. The zero-order chi connectivity index (χ0) is 9.60. The molecule has 2 nitrogen and oxygen atoms in total. The van der Waals surface area contributed by atoms with Crippen LogP contribution in [-0.4, -0.2) is 23.9 Å². The standard InChI is InChI=1S/C12H20O2/c13-6-7-14-12-5-1-2-11(12)9-3-4-10(12)8-9/h9-11,13H,1-8H2. The van der Waals surface area contributed by atoms with Crippen LogP contribution >= 0.6 is 0 Å². The summed E-state index contributed by atoms with van der Waals surface area (Å²) >= 11 is 0. The van der Waals surface area contributed by atoms with Crippen molar-refractivity contribution in [2.75, 3.05) is 13.2 Å². The Kier molecular flexibility index (Phi) is 2.10. The van der Waals surface area contributed by atoms with E-state index in [4.69, 9.17) is 9.84 Å². The van der Waals surface area contributed by atoms with Crippen molar-refractivity contribution in [2.24, 2.45) is 17.8 Å². The van der Waals surface area contributed by atoms with Gasteiger partial charge in [-0.3, -0.25) is 0 Å². The summed E-state index contributed by atoms with van der Waals surface area (Å²) in [5, 5.41) is 8.89. The van der Waals surface area contributed by atoms with E-state index < -0.39 is 0 Å². The van der Waals surface area contributed by atoms with E-state index in [1.165, 1.54) is 38.5 Å². The van der Waals surface area contributed by atoms with Gasteiger partial charge in [-0.15, -0.1) is 0 Å². The maximum absolute atomic E-state index is 8.89. The van der Waals surface area contributed by atoms with Gasteiger partial charge in [0.2, 0.25) is 0 Å². The molecular formula is C12H20O2. The minimum Gasteiger partial charge on any atom is -0.394 e. The van der Waals surface area contributed by atoms with Crippen LogP contribution in [0.5, 0.6) is 0 Å². The van der Waals surface area contributed by atoms with Gasteiger partial charge >= 0.3 is 0 Å². The summed E-state index contributed by atoms with van der Waals surface area (Å²) in [6.07, 6.45) is 8.23. The van der Waals surface area contributed by atoms with Crippen molar-refractivity contribution in [3.63, 3.8) is 0 Å². The van der Waals surface area contributed by atoms with Gasteiger partial charge in [-0.05, 0) is 49.9 Å². The van der Waals surface area contributed by atoms with E-state index in [0.717, 1.165) is 17.8 Å². The third-order valence-electron chi connectivity index (χ3n) is 4.91. The molecule has 0 amide bonds. The topological polar surface area (TPSA) is 29.5 Å². The van der Waals surface area contributed by atoms with Crippen molar-refractivity contribution >= 4 is 0 Å². The van der Waals surface area contributed by atoms with Crippen molar-refractivity contribution in [3.8, 4) is 0 Å². The molecule has 0 spiro atoms. The first-order chi connectivity index (χ1) is 6.87. The molecule has 0 heterocycles. The summed E-state index contributed by atoms with van der Waals surface area (Å²) in [5.74, 6) is 2.63. The van der Waals surface area contributed by atoms with Gasteiger partial charge in [-0.2, -0.15) is 0 Å². The van der Waals surface area contributed by atoms with Gasteiger partial charge in [0, 0.05) is 0 Å². The Hall–Kier alpha value is -0.0800. The maximum Gasteiger partial charge on any atom is 0.0742 e. The van der Waals surface area contributed by atoms with E-state index >= 15 is 0 Å². The number of fused-ring (bicyclic) bond motifs is 5. The molecule has 2 heteroatoms. The van der Waals surface area contributed by atoms with Crippen molar-refractivity contribution in [1.29, 1.82) is 0 Å². The lowest BCUT2D eigenvalue weighted by Crippen LogP contribution is -2.42. The van der Waals surface area contributed by atoms with E-state index in [1.54, 1.807) is 0 Å². The predicted molar refractivity (Wildman–Crippen MR) is 53.9 cm³/mol. The van der Waals surface area contributed by atoms with Crippen LogP contribution in [0.3, 0.4) is 0 Å². The molecule has 3 fully saturated rings. The fraction of sp³-hybridized carbons (Fsp3) is 1.00. The SMILES string of the molecule is OCCOC12CCCC1C1CCC2C1. The molecule has 80 valence electrons. The lowest BCUT2D eigenvalue weighted by Gasteiger charge is -2.39. The van der Waals surface area contributed by atoms with E-state index in [-0.39, 0.29) is 12.2 Å². The first-order valence-corrected chi connectivity index (χ1v) is 6.11. The minimum atomic E-state index is 0.186. The second-order valence-electron chi connectivity index (χ2n) is 5.30. The van der Waals surface area contributed by atoms with Gasteiger partial charge in [-0.1, -0.05) is 6.42 Å². The highest BCUT2D eigenvalue weighted by molar-refractivity contribution is 5.10. The van der Waals surface area contributed by atoms with E-state index in [9.17, 15) is 0 Å². The average Bonchev–Trinajstić information content (AvgIpc) is 2.86. The fourth-order valence-electron chi connectivity index (χ4n) is 4.53. The third-order valence-corrected chi connectivity index (χ3v) is 4.91. The summed E-state index contributed by atoms with van der Waals surface area (Å²) in [4.78, 5) is 0. The molecule has 0 aliphatic heterocycles. The highest BCUT2D eigenvalue weighted by Gasteiger charge is 2.60. The molecule has 3 aliphatic carbocycles. The van der Waals surface area contributed by atoms with Crippen LogP contribution < -0.4 is 0 Å². The first-order valence-electron chi connectivity index (χ1n) is 6.11. The zero-order valence-corrected chi connectivity index (χ0v) is 8.74. The van der Waals surface area contributed by atoms with Crippen LogP contribution in [0.25, 0.3) is 0 Å². The van der Waals surface area contributed by atoms with E-state index in [1.807, 2.05) is 0 Å². The molecule has 0 aromatic carbocycles. The number of hydrogen-bond acceptors (Lipinski definition) is 2. The number of aliphatic hydroxyl groups excluding tert-OH is 1. The third kappa shape index (κ3) is 1.04. The highest BCUT2D eigenvalue weighted by atomic mass is 16.5. The first kappa shape index (κ1) is 9.17. The molecule has 3 rings (SSSR count). The van der Waals surface area contributed by atoms with Crippen LogP contribution in [-0.2, 0) is 4.74 Å². The molecule has 4 unspecified atom stereocenters. The largest absolute Gasteiger partial charge is 0.394 e.